The van der Waals surface area contributed by atoms with Gasteiger partial charge in [-0.05, 0) is 73.2 Å². The SMILES string of the molecule is OC(CNC[C@@H](O)[C@H]1CCc2cc(F)ccc2O1)[C@H]1CCc2cc(F)ccc2O1. The summed E-state index contributed by atoms with van der Waals surface area (Å²) < 4.78 is 38.2. The normalized spacial score (nSPS) is 22.6. The van der Waals surface area contributed by atoms with Crippen LogP contribution in [0.15, 0.2) is 36.4 Å². The molecule has 0 fully saturated rings. The quantitative estimate of drug-likeness (QED) is 0.688. The molecule has 0 amide bonds. The van der Waals surface area contributed by atoms with Gasteiger partial charge in [0.25, 0.3) is 0 Å². The van der Waals surface area contributed by atoms with E-state index < -0.39 is 12.2 Å². The van der Waals surface area contributed by atoms with Gasteiger partial charge in [-0.1, -0.05) is 0 Å². The second-order valence-corrected chi connectivity index (χ2v) is 7.69. The van der Waals surface area contributed by atoms with Crippen molar-refractivity contribution in [1.29, 1.82) is 0 Å². The van der Waals surface area contributed by atoms with Crippen molar-refractivity contribution in [3.05, 3.63) is 59.2 Å². The number of aliphatic hydroxyl groups is 2. The largest absolute Gasteiger partial charge is 0.487 e. The van der Waals surface area contributed by atoms with Gasteiger partial charge in [-0.15, -0.1) is 0 Å². The molecular formula is C22H25F2NO4. The Morgan fingerprint density at radius 1 is 0.828 bits per heavy atom. The number of hydrogen-bond acceptors (Lipinski definition) is 5. The van der Waals surface area contributed by atoms with Crippen molar-refractivity contribution in [3.63, 3.8) is 0 Å². The highest BCUT2D eigenvalue weighted by atomic mass is 19.1. The van der Waals surface area contributed by atoms with Gasteiger partial charge in [0.05, 0.1) is 0 Å². The summed E-state index contributed by atoms with van der Waals surface area (Å²) in [6.07, 6.45) is 0.214. The Morgan fingerprint density at radius 3 is 1.72 bits per heavy atom. The number of aryl methyl sites for hydroxylation is 2. The van der Waals surface area contributed by atoms with Crippen LogP contribution in [-0.2, 0) is 12.8 Å². The van der Waals surface area contributed by atoms with E-state index in [1.807, 2.05) is 0 Å². The van der Waals surface area contributed by atoms with E-state index in [1.54, 1.807) is 12.1 Å². The van der Waals surface area contributed by atoms with Crippen LogP contribution in [0.1, 0.15) is 24.0 Å². The smallest absolute Gasteiger partial charge is 0.126 e. The number of nitrogens with one attached hydrogen (secondary N) is 1. The Balaban J connectivity index is 1.24. The van der Waals surface area contributed by atoms with Crippen molar-refractivity contribution < 1.29 is 28.5 Å². The van der Waals surface area contributed by atoms with Gasteiger partial charge in [-0.3, -0.25) is 0 Å². The summed E-state index contributed by atoms with van der Waals surface area (Å²) in [5.41, 5.74) is 1.62. The van der Waals surface area contributed by atoms with Crippen LogP contribution in [-0.4, -0.2) is 47.7 Å². The second kappa shape index (κ2) is 8.65. The van der Waals surface area contributed by atoms with E-state index in [9.17, 15) is 19.0 Å². The highest BCUT2D eigenvalue weighted by molar-refractivity contribution is 5.36. The lowest BCUT2D eigenvalue weighted by atomic mass is 9.98. The molecule has 3 N–H and O–H groups in total. The van der Waals surface area contributed by atoms with Crippen molar-refractivity contribution in [3.8, 4) is 11.5 Å². The van der Waals surface area contributed by atoms with Gasteiger partial charge in [0.15, 0.2) is 0 Å². The summed E-state index contributed by atoms with van der Waals surface area (Å²) >= 11 is 0. The van der Waals surface area contributed by atoms with Crippen LogP contribution in [0, 0.1) is 11.6 Å². The zero-order chi connectivity index (χ0) is 20.4. The molecule has 1 unspecified atom stereocenters. The van der Waals surface area contributed by atoms with Crippen molar-refractivity contribution in [2.75, 3.05) is 13.1 Å². The third-order valence-electron chi connectivity index (χ3n) is 5.56. The molecule has 0 saturated carbocycles. The third-order valence-corrected chi connectivity index (χ3v) is 5.56. The van der Waals surface area contributed by atoms with E-state index in [4.69, 9.17) is 9.47 Å². The van der Waals surface area contributed by atoms with Gasteiger partial charge in [0.2, 0.25) is 0 Å². The van der Waals surface area contributed by atoms with Crippen LogP contribution in [0.3, 0.4) is 0 Å². The number of hydrogen-bond donors (Lipinski definition) is 3. The predicted octanol–water partition coefficient (Wildman–Crippen LogP) is 2.36. The lowest BCUT2D eigenvalue weighted by Crippen LogP contribution is -2.46. The fraction of sp³-hybridized carbons (Fsp3) is 0.455. The summed E-state index contributed by atoms with van der Waals surface area (Å²) in [5, 5.41) is 23.9. The lowest BCUT2D eigenvalue weighted by molar-refractivity contribution is 0.00892. The summed E-state index contributed by atoms with van der Waals surface area (Å²) in [4.78, 5) is 0. The van der Waals surface area contributed by atoms with E-state index in [1.165, 1.54) is 24.3 Å². The molecule has 4 atom stereocenters. The van der Waals surface area contributed by atoms with Crippen LogP contribution in [0.25, 0.3) is 0 Å². The first-order valence-corrected chi connectivity index (χ1v) is 9.96. The molecule has 2 aliphatic heterocycles. The molecule has 2 aromatic rings. The zero-order valence-corrected chi connectivity index (χ0v) is 16.0. The van der Waals surface area contributed by atoms with Crippen molar-refractivity contribution in [2.24, 2.45) is 0 Å². The van der Waals surface area contributed by atoms with Gasteiger partial charge >= 0.3 is 0 Å². The number of fused-ring (bicyclic) bond motifs is 2. The van der Waals surface area contributed by atoms with Crippen molar-refractivity contribution >= 4 is 0 Å². The van der Waals surface area contributed by atoms with E-state index >= 15 is 0 Å². The molecule has 0 aromatic heterocycles. The zero-order valence-electron chi connectivity index (χ0n) is 16.0. The standard InChI is InChI=1S/C22H25F2NO4/c23-15-3-7-19-13(9-15)1-5-21(28-19)17(26)11-25-12-18(27)22-6-2-14-10-16(24)4-8-20(14)29-22/h3-4,7-10,17-18,21-22,25-27H,1-2,5-6,11-12H2/t17-,18?,21-,22-/m1/s1. The lowest BCUT2D eigenvalue weighted by Gasteiger charge is -2.31. The molecule has 7 heteroatoms. The van der Waals surface area contributed by atoms with Crippen LogP contribution in [0.2, 0.25) is 0 Å². The number of halogens is 2. The Bertz CT molecular complexity index is 793. The van der Waals surface area contributed by atoms with Gasteiger partial charge in [-0.25, -0.2) is 8.78 Å². The first-order valence-electron chi connectivity index (χ1n) is 9.96. The molecule has 0 radical (unpaired) electrons. The van der Waals surface area contributed by atoms with Crippen LogP contribution < -0.4 is 14.8 Å². The Hall–Kier alpha value is -2.22. The molecule has 0 saturated heterocycles. The number of rotatable bonds is 6. The number of ether oxygens (including phenoxy) is 2. The molecule has 5 nitrogen and oxygen atoms in total. The van der Waals surface area contributed by atoms with Gasteiger partial charge < -0.3 is 25.0 Å². The van der Waals surface area contributed by atoms with Crippen LogP contribution >= 0.6 is 0 Å². The summed E-state index contributed by atoms with van der Waals surface area (Å²) in [7, 11) is 0. The number of aliphatic hydroxyl groups excluding tert-OH is 2. The molecule has 156 valence electrons. The minimum atomic E-state index is -0.753. The molecule has 2 heterocycles. The molecule has 0 aliphatic carbocycles. The van der Waals surface area contributed by atoms with Crippen molar-refractivity contribution in [1.82, 2.24) is 5.32 Å². The Labute approximate surface area is 168 Å². The van der Waals surface area contributed by atoms with Gasteiger partial charge in [0.1, 0.15) is 47.5 Å². The molecular weight excluding hydrogens is 380 g/mol. The fourth-order valence-electron chi connectivity index (χ4n) is 3.94. The molecule has 2 aliphatic rings. The first kappa shape index (κ1) is 20.1. The highest BCUT2D eigenvalue weighted by Gasteiger charge is 2.29. The Kier molecular flexibility index (Phi) is 5.99. The predicted molar refractivity (Wildman–Crippen MR) is 103 cm³/mol. The maximum absolute atomic E-state index is 13.3. The fourth-order valence-corrected chi connectivity index (χ4v) is 3.94. The van der Waals surface area contributed by atoms with Crippen LogP contribution in [0.4, 0.5) is 8.78 Å². The molecule has 29 heavy (non-hydrogen) atoms. The Morgan fingerprint density at radius 2 is 1.28 bits per heavy atom. The second-order valence-electron chi connectivity index (χ2n) is 7.69. The van der Waals surface area contributed by atoms with Gasteiger partial charge in [-0.2, -0.15) is 0 Å². The maximum Gasteiger partial charge on any atom is 0.126 e. The summed E-state index contributed by atoms with van der Waals surface area (Å²) in [6, 6.07) is 8.79. The average Bonchev–Trinajstić information content (AvgIpc) is 2.72. The minimum absolute atomic E-state index is 0.257. The molecule has 4 rings (SSSR count). The van der Waals surface area contributed by atoms with E-state index in [0.29, 0.717) is 37.2 Å². The molecule has 0 bridgehead atoms. The van der Waals surface area contributed by atoms with Gasteiger partial charge in [0, 0.05) is 13.1 Å². The van der Waals surface area contributed by atoms with E-state index in [-0.39, 0.29) is 36.9 Å². The highest BCUT2D eigenvalue weighted by Crippen LogP contribution is 2.30. The van der Waals surface area contributed by atoms with E-state index in [2.05, 4.69) is 5.32 Å². The first-order chi connectivity index (χ1) is 14.0. The average molecular weight is 405 g/mol. The summed E-state index contributed by atoms with van der Waals surface area (Å²) in [6.45, 7) is 0.513. The van der Waals surface area contributed by atoms with Crippen molar-refractivity contribution in [2.45, 2.75) is 50.1 Å². The minimum Gasteiger partial charge on any atom is -0.487 e. The molecule has 2 aromatic carbocycles. The van der Waals surface area contributed by atoms with E-state index in [0.717, 1.165) is 11.1 Å². The summed E-state index contributed by atoms with van der Waals surface area (Å²) in [5.74, 6) is 0.624. The third kappa shape index (κ3) is 4.69. The molecule has 0 spiro atoms. The maximum atomic E-state index is 13.3. The van der Waals surface area contributed by atoms with Crippen LogP contribution in [0.5, 0.6) is 11.5 Å². The topological polar surface area (TPSA) is 71.0 Å². The number of benzene rings is 2. The monoisotopic (exact) mass is 405 g/mol.